The first-order valence-electron chi connectivity index (χ1n) is 4.92. The van der Waals surface area contributed by atoms with Crippen molar-refractivity contribution in [1.29, 1.82) is 0 Å². The number of carbonyl (C=O) groups excluding carboxylic acids is 1. The quantitative estimate of drug-likeness (QED) is 0.895. The van der Waals surface area contributed by atoms with Gasteiger partial charge >= 0.3 is 0 Å². The fraction of sp³-hybridized carbons (Fsp3) is 0.0833. The van der Waals surface area contributed by atoms with Crippen molar-refractivity contribution in [2.75, 3.05) is 0 Å². The normalized spacial score (nSPS) is 10.2. The van der Waals surface area contributed by atoms with Crippen LogP contribution in [-0.4, -0.2) is 5.91 Å². The number of rotatable bonds is 3. The molecule has 2 rings (SSSR count). The van der Waals surface area contributed by atoms with Gasteiger partial charge in [0.05, 0.1) is 12.1 Å². The first-order valence-corrected chi connectivity index (χ1v) is 5.80. The number of halogens is 2. The topological polar surface area (TPSA) is 29.1 Å². The smallest absolute Gasteiger partial charge is 0.254 e. The zero-order valence-corrected chi connectivity index (χ0v) is 9.56. The first kappa shape index (κ1) is 11.7. The van der Waals surface area contributed by atoms with E-state index in [4.69, 9.17) is 0 Å². The summed E-state index contributed by atoms with van der Waals surface area (Å²) >= 11 is 1.50. The molecular formula is C12H9F2NOS. The van der Waals surface area contributed by atoms with Crippen LogP contribution in [-0.2, 0) is 6.54 Å². The minimum absolute atomic E-state index is 0.150. The molecule has 0 spiro atoms. The van der Waals surface area contributed by atoms with Crippen LogP contribution in [0.25, 0.3) is 0 Å². The Balaban J connectivity index is 2.04. The minimum Gasteiger partial charge on any atom is -0.347 e. The van der Waals surface area contributed by atoms with Crippen LogP contribution in [0.4, 0.5) is 8.78 Å². The van der Waals surface area contributed by atoms with Crippen molar-refractivity contribution >= 4 is 17.2 Å². The van der Waals surface area contributed by atoms with E-state index in [0.717, 1.165) is 17.0 Å². The van der Waals surface area contributed by atoms with Crippen molar-refractivity contribution in [2.24, 2.45) is 0 Å². The third kappa shape index (κ3) is 2.88. The van der Waals surface area contributed by atoms with E-state index in [9.17, 15) is 13.6 Å². The van der Waals surface area contributed by atoms with Gasteiger partial charge in [-0.25, -0.2) is 8.78 Å². The standard InChI is InChI=1S/C12H9F2NOS/c13-8-3-4-10(11(14)6-8)12(16)15-7-9-2-1-5-17-9/h1-6H,7H2,(H,15,16). The lowest BCUT2D eigenvalue weighted by Gasteiger charge is -2.04. The van der Waals surface area contributed by atoms with Crippen LogP contribution in [0.5, 0.6) is 0 Å². The minimum atomic E-state index is -0.853. The van der Waals surface area contributed by atoms with Crippen molar-refractivity contribution in [1.82, 2.24) is 5.32 Å². The van der Waals surface area contributed by atoms with Crippen LogP contribution >= 0.6 is 11.3 Å². The number of benzene rings is 1. The molecule has 1 heterocycles. The molecule has 2 aromatic rings. The third-order valence-corrected chi connectivity index (χ3v) is 3.06. The molecule has 0 fully saturated rings. The van der Waals surface area contributed by atoms with Crippen molar-refractivity contribution < 1.29 is 13.6 Å². The SMILES string of the molecule is O=C(NCc1cccs1)c1ccc(F)cc1F. The molecule has 0 saturated heterocycles. The van der Waals surface area contributed by atoms with E-state index in [1.807, 2.05) is 17.5 Å². The van der Waals surface area contributed by atoms with Crippen molar-refractivity contribution in [3.05, 3.63) is 57.8 Å². The van der Waals surface area contributed by atoms with Gasteiger partial charge < -0.3 is 5.32 Å². The fourth-order valence-corrected chi connectivity index (χ4v) is 1.99. The number of thiophene rings is 1. The lowest BCUT2D eigenvalue weighted by Crippen LogP contribution is -2.23. The van der Waals surface area contributed by atoms with Crippen molar-refractivity contribution in [3.63, 3.8) is 0 Å². The predicted molar refractivity (Wildman–Crippen MR) is 61.8 cm³/mol. The summed E-state index contributed by atoms with van der Waals surface area (Å²) in [5, 5.41) is 4.46. The van der Waals surface area contributed by atoms with Crippen molar-refractivity contribution in [2.45, 2.75) is 6.54 Å². The molecule has 0 atom stereocenters. The highest BCUT2D eigenvalue weighted by Gasteiger charge is 2.11. The highest BCUT2D eigenvalue weighted by atomic mass is 32.1. The molecule has 5 heteroatoms. The monoisotopic (exact) mass is 253 g/mol. The van der Waals surface area contributed by atoms with Gasteiger partial charge in [-0.05, 0) is 23.6 Å². The highest BCUT2D eigenvalue weighted by Crippen LogP contribution is 2.11. The molecule has 1 aromatic carbocycles. The molecule has 1 aromatic heterocycles. The maximum Gasteiger partial charge on any atom is 0.254 e. The number of carbonyl (C=O) groups is 1. The molecule has 0 aliphatic rings. The van der Waals surface area contributed by atoms with E-state index in [-0.39, 0.29) is 5.56 Å². The molecule has 1 N–H and O–H groups in total. The lowest BCUT2D eigenvalue weighted by molar-refractivity contribution is 0.0947. The largest absolute Gasteiger partial charge is 0.347 e. The van der Waals surface area contributed by atoms with Gasteiger partial charge in [-0.15, -0.1) is 11.3 Å². The summed E-state index contributed by atoms with van der Waals surface area (Å²) < 4.78 is 25.9. The number of nitrogens with one attached hydrogen (secondary N) is 1. The van der Waals surface area contributed by atoms with E-state index in [0.29, 0.717) is 12.6 Å². The lowest BCUT2D eigenvalue weighted by atomic mass is 10.2. The number of hydrogen-bond donors (Lipinski definition) is 1. The van der Waals surface area contributed by atoms with Gasteiger partial charge in [-0.1, -0.05) is 6.07 Å². The zero-order valence-electron chi connectivity index (χ0n) is 8.74. The molecule has 2 nitrogen and oxygen atoms in total. The van der Waals surface area contributed by atoms with E-state index in [1.54, 1.807) is 0 Å². The fourth-order valence-electron chi connectivity index (χ4n) is 1.35. The summed E-state index contributed by atoms with van der Waals surface area (Å²) in [7, 11) is 0. The number of amides is 1. The zero-order chi connectivity index (χ0) is 12.3. The van der Waals surface area contributed by atoms with Crippen LogP contribution in [0, 0.1) is 11.6 Å². The van der Waals surface area contributed by atoms with Crippen LogP contribution in [0.15, 0.2) is 35.7 Å². The maximum atomic E-state index is 13.3. The molecule has 0 saturated carbocycles. The Hall–Kier alpha value is -1.75. The summed E-state index contributed by atoms with van der Waals surface area (Å²) in [6.07, 6.45) is 0. The number of hydrogen-bond acceptors (Lipinski definition) is 2. The summed E-state index contributed by atoms with van der Waals surface area (Å²) in [5.74, 6) is -2.10. The molecule has 17 heavy (non-hydrogen) atoms. The van der Waals surface area contributed by atoms with E-state index in [1.165, 1.54) is 11.3 Å². The molecule has 0 radical (unpaired) electrons. The van der Waals surface area contributed by atoms with Crippen LogP contribution < -0.4 is 5.32 Å². The molecule has 88 valence electrons. The molecule has 1 amide bonds. The van der Waals surface area contributed by atoms with E-state index in [2.05, 4.69) is 5.32 Å². The average molecular weight is 253 g/mol. The van der Waals surface area contributed by atoms with Gasteiger partial charge in [0.1, 0.15) is 11.6 Å². The van der Waals surface area contributed by atoms with Gasteiger partial charge in [-0.2, -0.15) is 0 Å². The Bertz CT molecular complexity index is 525. The summed E-state index contributed by atoms with van der Waals surface area (Å²) in [5.41, 5.74) is -0.150. The average Bonchev–Trinajstić information content (AvgIpc) is 2.78. The Kier molecular flexibility index (Phi) is 3.49. The summed E-state index contributed by atoms with van der Waals surface area (Å²) in [6.45, 7) is 0.341. The predicted octanol–water partition coefficient (Wildman–Crippen LogP) is 2.96. The molecular weight excluding hydrogens is 244 g/mol. The second-order valence-electron chi connectivity index (χ2n) is 3.39. The van der Waals surface area contributed by atoms with Gasteiger partial charge in [0.15, 0.2) is 0 Å². The van der Waals surface area contributed by atoms with Crippen LogP contribution in [0.2, 0.25) is 0 Å². The first-order chi connectivity index (χ1) is 8.16. The maximum absolute atomic E-state index is 13.3. The Morgan fingerprint density at radius 2 is 2.12 bits per heavy atom. The van der Waals surface area contributed by atoms with E-state index < -0.39 is 17.5 Å². The van der Waals surface area contributed by atoms with Crippen LogP contribution in [0.3, 0.4) is 0 Å². The van der Waals surface area contributed by atoms with Gasteiger partial charge in [0.2, 0.25) is 0 Å². The third-order valence-electron chi connectivity index (χ3n) is 2.18. The van der Waals surface area contributed by atoms with E-state index >= 15 is 0 Å². The molecule has 0 aliphatic heterocycles. The second-order valence-corrected chi connectivity index (χ2v) is 4.42. The van der Waals surface area contributed by atoms with Gasteiger partial charge in [0, 0.05) is 10.9 Å². The molecule has 0 unspecified atom stereocenters. The summed E-state index contributed by atoms with van der Waals surface area (Å²) in [4.78, 5) is 12.6. The Morgan fingerprint density at radius 3 is 2.76 bits per heavy atom. The molecule has 0 bridgehead atoms. The van der Waals surface area contributed by atoms with Gasteiger partial charge in [0.25, 0.3) is 5.91 Å². The second kappa shape index (κ2) is 5.05. The highest BCUT2D eigenvalue weighted by molar-refractivity contribution is 7.09. The van der Waals surface area contributed by atoms with Crippen molar-refractivity contribution in [3.8, 4) is 0 Å². The van der Waals surface area contributed by atoms with Crippen LogP contribution in [0.1, 0.15) is 15.2 Å². The summed E-state index contributed by atoms with van der Waals surface area (Å²) in [6, 6.07) is 6.62. The van der Waals surface area contributed by atoms with Gasteiger partial charge in [-0.3, -0.25) is 4.79 Å². The Morgan fingerprint density at radius 1 is 1.29 bits per heavy atom. The Labute approximate surface area is 101 Å². The molecule has 0 aliphatic carbocycles.